The summed E-state index contributed by atoms with van der Waals surface area (Å²) in [6, 6.07) is 8.04. The van der Waals surface area contributed by atoms with Crippen LogP contribution in [0.15, 0.2) is 40.4 Å². The fourth-order valence-electron chi connectivity index (χ4n) is 1.41. The molecule has 1 rings (SSSR count). The van der Waals surface area contributed by atoms with E-state index in [1.165, 1.54) is 5.56 Å². The number of esters is 1. The lowest BCUT2D eigenvalue weighted by Gasteiger charge is -2.03. The minimum Gasteiger partial charge on any atom is -0.463 e. The maximum atomic E-state index is 11.2. The highest BCUT2D eigenvalue weighted by molar-refractivity contribution is 9.10. The molecule has 1 aromatic carbocycles. The van der Waals surface area contributed by atoms with Crippen molar-refractivity contribution in [3.8, 4) is 0 Å². The van der Waals surface area contributed by atoms with Crippen molar-refractivity contribution in [3.63, 3.8) is 0 Å². The van der Waals surface area contributed by atoms with Gasteiger partial charge in [-0.2, -0.15) is 0 Å². The number of hydrogen-bond donors (Lipinski definition) is 0. The standard InChI is InChI=1S/C13H15BrO2.2C2H6/c1-3-16-13(15)8-10(2)7-11-5-4-6-12(14)9-11;2*1-2/h4-6,8-9H,3,7H2,1-2H3;2*1-2H3/b10-8+;;. The van der Waals surface area contributed by atoms with E-state index < -0.39 is 0 Å². The van der Waals surface area contributed by atoms with Gasteiger partial charge in [0.1, 0.15) is 0 Å². The van der Waals surface area contributed by atoms with Gasteiger partial charge in [-0.3, -0.25) is 0 Å². The van der Waals surface area contributed by atoms with Crippen molar-refractivity contribution in [2.45, 2.75) is 48.0 Å². The zero-order chi connectivity index (χ0) is 16.0. The van der Waals surface area contributed by atoms with Gasteiger partial charge in [0, 0.05) is 10.5 Å². The molecule has 0 saturated heterocycles. The van der Waals surface area contributed by atoms with Crippen LogP contribution in [0.4, 0.5) is 0 Å². The largest absolute Gasteiger partial charge is 0.463 e. The summed E-state index contributed by atoms with van der Waals surface area (Å²) in [5, 5.41) is 0. The van der Waals surface area contributed by atoms with Crippen molar-refractivity contribution in [1.82, 2.24) is 0 Å². The molecular weight excluding hydrogens is 316 g/mol. The molecule has 0 aromatic heterocycles. The summed E-state index contributed by atoms with van der Waals surface area (Å²) in [5.41, 5.74) is 2.17. The second-order valence-corrected chi connectivity index (χ2v) is 4.47. The van der Waals surface area contributed by atoms with Crippen LogP contribution in [-0.2, 0) is 16.0 Å². The Kier molecular flexibility index (Phi) is 15.2. The van der Waals surface area contributed by atoms with E-state index in [0.29, 0.717) is 6.61 Å². The van der Waals surface area contributed by atoms with E-state index >= 15 is 0 Å². The summed E-state index contributed by atoms with van der Waals surface area (Å²) in [6.07, 6.45) is 2.31. The Bertz CT molecular complexity index is 398. The van der Waals surface area contributed by atoms with Crippen molar-refractivity contribution in [3.05, 3.63) is 46.0 Å². The zero-order valence-corrected chi connectivity index (χ0v) is 15.1. The van der Waals surface area contributed by atoms with Crippen molar-refractivity contribution in [2.75, 3.05) is 6.61 Å². The molecule has 0 atom stereocenters. The Morgan fingerprint density at radius 1 is 1.25 bits per heavy atom. The molecule has 3 heteroatoms. The number of allylic oxidation sites excluding steroid dienone is 1. The average molecular weight is 343 g/mol. The smallest absolute Gasteiger partial charge is 0.330 e. The lowest BCUT2D eigenvalue weighted by atomic mass is 10.1. The molecule has 0 bridgehead atoms. The predicted octanol–water partition coefficient (Wildman–Crippen LogP) is 5.55. The van der Waals surface area contributed by atoms with E-state index in [9.17, 15) is 4.79 Å². The van der Waals surface area contributed by atoms with Crippen molar-refractivity contribution in [1.29, 1.82) is 0 Å². The fraction of sp³-hybridized carbons (Fsp3) is 0.471. The van der Waals surface area contributed by atoms with Crippen molar-refractivity contribution < 1.29 is 9.53 Å². The van der Waals surface area contributed by atoms with Crippen LogP contribution in [0.2, 0.25) is 0 Å². The van der Waals surface area contributed by atoms with E-state index in [4.69, 9.17) is 4.74 Å². The maximum Gasteiger partial charge on any atom is 0.330 e. The first-order chi connectivity index (χ1) is 9.61. The molecule has 0 unspecified atom stereocenters. The number of rotatable bonds is 4. The molecule has 0 N–H and O–H groups in total. The summed E-state index contributed by atoms with van der Waals surface area (Å²) in [5.74, 6) is -0.269. The Labute approximate surface area is 132 Å². The summed E-state index contributed by atoms with van der Waals surface area (Å²) < 4.78 is 5.90. The van der Waals surface area contributed by atoms with Crippen LogP contribution in [0.25, 0.3) is 0 Å². The van der Waals surface area contributed by atoms with Gasteiger partial charge in [-0.1, -0.05) is 61.3 Å². The Morgan fingerprint density at radius 3 is 2.35 bits per heavy atom. The highest BCUT2D eigenvalue weighted by atomic mass is 79.9. The molecule has 20 heavy (non-hydrogen) atoms. The number of hydrogen-bond acceptors (Lipinski definition) is 2. The van der Waals surface area contributed by atoms with Crippen LogP contribution in [0.3, 0.4) is 0 Å². The van der Waals surface area contributed by atoms with Crippen LogP contribution in [0, 0.1) is 0 Å². The molecule has 0 radical (unpaired) electrons. The molecule has 1 aromatic rings. The number of ether oxygens (including phenoxy) is 1. The summed E-state index contributed by atoms with van der Waals surface area (Å²) in [7, 11) is 0. The van der Waals surface area contributed by atoms with Crippen LogP contribution >= 0.6 is 15.9 Å². The van der Waals surface area contributed by atoms with Gasteiger partial charge in [0.25, 0.3) is 0 Å². The Hall–Kier alpha value is -1.09. The van der Waals surface area contributed by atoms with Crippen LogP contribution in [0.5, 0.6) is 0 Å². The number of benzene rings is 1. The minimum atomic E-state index is -0.269. The first kappa shape index (κ1) is 21.2. The molecule has 0 aliphatic heterocycles. The second-order valence-electron chi connectivity index (χ2n) is 3.55. The quantitative estimate of drug-likeness (QED) is 0.529. The highest BCUT2D eigenvalue weighted by Crippen LogP contribution is 2.14. The van der Waals surface area contributed by atoms with Gasteiger partial charge >= 0.3 is 5.97 Å². The fourth-order valence-corrected chi connectivity index (χ4v) is 1.85. The van der Waals surface area contributed by atoms with Gasteiger partial charge in [0.15, 0.2) is 0 Å². The monoisotopic (exact) mass is 342 g/mol. The second kappa shape index (κ2) is 14.3. The van der Waals surface area contributed by atoms with Gasteiger partial charge in [-0.25, -0.2) is 4.79 Å². The Balaban J connectivity index is 0. The van der Waals surface area contributed by atoms with Crippen LogP contribution in [-0.4, -0.2) is 12.6 Å². The number of halogens is 1. The minimum absolute atomic E-state index is 0.269. The average Bonchev–Trinajstić information content (AvgIpc) is 2.43. The highest BCUT2D eigenvalue weighted by Gasteiger charge is 2.00. The third-order valence-electron chi connectivity index (χ3n) is 2.02. The molecule has 0 heterocycles. The third kappa shape index (κ3) is 10.8. The zero-order valence-electron chi connectivity index (χ0n) is 13.5. The van der Waals surface area contributed by atoms with Gasteiger partial charge < -0.3 is 4.74 Å². The Morgan fingerprint density at radius 2 is 1.85 bits per heavy atom. The number of carbonyl (C=O) groups excluding carboxylic acids is 1. The van der Waals surface area contributed by atoms with E-state index in [2.05, 4.69) is 15.9 Å². The normalized spacial score (nSPS) is 9.65. The van der Waals surface area contributed by atoms with Gasteiger partial charge in [0.05, 0.1) is 6.61 Å². The predicted molar refractivity (Wildman–Crippen MR) is 90.9 cm³/mol. The molecule has 0 fully saturated rings. The van der Waals surface area contributed by atoms with E-state index in [1.807, 2.05) is 58.9 Å². The molecule has 0 spiro atoms. The first-order valence-electron chi connectivity index (χ1n) is 7.20. The molecule has 0 aliphatic rings. The van der Waals surface area contributed by atoms with Gasteiger partial charge in [-0.15, -0.1) is 0 Å². The molecule has 2 nitrogen and oxygen atoms in total. The SMILES string of the molecule is CC.CC.CCOC(=O)/C=C(\C)Cc1cccc(Br)c1. The van der Waals surface area contributed by atoms with E-state index in [0.717, 1.165) is 16.5 Å². The van der Waals surface area contributed by atoms with E-state index in [1.54, 1.807) is 13.0 Å². The van der Waals surface area contributed by atoms with E-state index in [-0.39, 0.29) is 5.97 Å². The maximum absolute atomic E-state index is 11.2. The van der Waals surface area contributed by atoms with Gasteiger partial charge in [-0.05, 0) is 38.0 Å². The van der Waals surface area contributed by atoms with Crippen molar-refractivity contribution in [2.24, 2.45) is 0 Å². The molecular formula is C17H27BrO2. The topological polar surface area (TPSA) is 26.3 Å². The summed E-state index contributed by atoms with van der Waals surface area (Å²) in [4.78, 5) is 11.2. The molecule has 0 saturated carbocycles. The van der Waals surface area contributed by atoms with Crippen molar-refractivity contribution >= 4 is 21.9 Å². The summed E-state index contributed by atoms with van der Waals surface area (Å²) >= 11 is 3.42. The summed E-state index contributed by atoms with van der Waals surface area (Å²) in [6.45, 7) is 12.1. The lowest BCUT2D eigenvalue weighted by molar-refractivity contribution is -0.137. The molecule has 114 valence electrons. The van der Waals surface area contributed by atoms with Crippen LogP contribution in [0.1, 0.15) is 47.1 Å². The first-order valence-corrected chi connectivity index (χ1v) is 7.99. The third-order valence-corrected chi connectivity index (χ3v) is 2.52. The molecule has 0 aliphatic carbocycles. The number of carbonyl (C=O) groups is 1. The van der Waals surface area contributed by atoms with Crippen LogP contribution < -0.4 is 0 Å². The lowest BCUT2D eigenvalue weighted by Crippen LogP contribution is -2.01. The molecule has 0 amide bonds. The van der Waals surface area contributed by atoms with Gasteiger partial charge in [0.2, 0.25) is 0 Å².